The molecule has 3 rings (SSSR count). The summed E-state index contributed by atoms with van der Waals surface area (Å²) in [5.41, 5.74) is 0. The average molecular weight is 1560 g/mol. The summed E-state index contributed by atoms with van der Waals surface area (Å²) in [6.45, 7) is 1.61. The standard InChI is InChI=1S/C92H155NO18/c1-3-5-7-9-11-13-15-17-19-21-23-25-27-29-31-32-33-34-35-36-37-38-39-40-41-42-44-46-48-50-52-54-56-58-60-62-64-66-68-70-80(98)93-75(76(97)69-67-65-63-61-59-57-55-53-51-49-47-45-43-30-28-26-24-22-20-18-16-14-12-10-8-6-4-2)74-106-90-86(104)83(101)88(78(72-95)108-90)111-92-87(105)84(102)89(79(73-96)109-92)110-91-85(103)82(100)81(99)77(71-94)107-91/h5,7,11,13,17,19,23,25,29,31,33-34,36-37,39-40,42,44,51,53,59,61,67,69,75-79,81-92,94-97,99-105H,3-4,6,8-10,12,14-16,18,20-22,24,26-28,30,32,35,38,41,43,45-50,52,54-58,60,62-66,68,70-74H2,1-2H3,(H,93,98)/b7-5-,13-11-,19-17-,25-23-,31-29-,34-33-,37-36-,40-39-,44-42-,53-51+,61-59+,69-67+. The number of hydrogen-bond acceptors (Lipinski definition) is 18. The number of aliphatic hydroxyl groups excluding tert-OH is 11. The first-order chi connectivity index (χ1) is 54.3. The van der Waals surface area contributed by atoms with E-state index in [4.69, 9.17) is 28.4 Å². The quantitative estimate of drug-likeness (QED) is 0.0199. The van der Waals surface area contributed by atoms with E-state index in [1.807, 2.05) is 6.08 Å². The normalized spacial score (nSPS) is 25.8. The summed E-state index contributed by atoms with van der Waals surface area (Å²) in [6, 6.07) is -1.01. The smallest absolute Gasteiger partial charge is 0.220 e. The van der Waals surface area contributed by atoms with Gasteiger partial charge in [0.15, 0.2) is 18.9 Å². The molecular formula is C92H155NO18. The minimum absolute atomic E-state index is 0.219. The highest BCUT2D eigenvalue weighted by Crippen LogP contribution is 2.33. The molecule has 0 aliphatic carbocycles. The van der Waals surface area contributed by atoms with Gasteiger partial charge in [0.25, 0.3) is 0 Å². The highest BCUT2D eigenvalue weighted by atomic mass is 16.8. The van der Waals surface area contributed by atoms with E-state index < -0.39 is 124 Å². The molecule has 0 aromatic carbocycles. The van der Waals surface area contributed by atoms with Crippen LogP contribution in [0.15, 0.2) is 146 Å². The van der Waals surface area contributed by atoms with Crippen LogP contribution in [0.5, 0.6) is 0 Å². The lowest BCUT2D eigenvalue weighted by molar-refractivity contribution is -0.379. The molecule has 0 radical (unpaired) electrons. The molecule has 12 N–H and O–H groups in total. The van der Waals surface area contributed by atoms with Crippen LogP contribution in [0, 0.1) is 0 Å². The van der Waals surface area contributed by atoms with E-state index in [1.54, 1.807) is 6.08 Å². The molecule has 3 fully saturated rings. The average Bonchev–Trinajstić information content (AvgIpc) is 0.780. The number of ether oxygens (including phenoxy) is 6. The van der Waals surface area contributed by atoms with Crippen molar-refractivity contribution in [3.8, 4) is 0 Å². The molecule has 3 aliphatic rings. The van der Waals surface area contributed by atoms with Crippen LogP contribution >= 0.6 is 0 Å². The van der Waals surface area contributed by atoms with Crippen LogP contribution in [0.4, 0.5) is 0 Å². The van der Waals surface area contributed by atoms with Gasteiger partial charge in [0.05, 0.1) is 38.6 Å². The highest BCUT2D eigenvalue weighted by molar-refractivity contribution is 5.76. The van der Waals surface area contributed by atoms with E-state index in [2.05, 4.69) is 153 Å². The van der Waals surface area contributed by atoms with Gasteiger partial charge in [-0.25, -0.2) is 0 Å². The van der Waals surface area contributed by atoms with Crippen LogP contribution in [0.3, 0.4) is 0 Å². The molecule has 1 amide bonds. The number of hydrogen-bond donors (Lipinski definition) is 12. The maximum atomic E-state index is 13.5. The lowest BCUT2D eigenvalue weighted by Gasteiger charge is -2.48. The number of allylic oxidation sites excluding steroid dienone is 23. The lowest BCUT2D eigenvalue weighted by Crippen LogP contribution is -2.66. The molecule has 19 nitrogen and oxygen atoms in total. The van der Waals surface area contributed by atoms with Crippen molar-refractivity contribution in [2.75, 3.05) is 26.4 Å². The molecule has 17 unspecified atom stereocenters. The van der Waals surface area contributed by atoms with Crippen molar-refractivity contribution in [3.63, 3.8) is 0 Å². The second-order valence-corrected chi connectivity index (χ2v) is 30.2. The van der Waals surface area contributed by atoms with Crippen LogP contribution in [0.25, 0.3) is 0 Å². The summed E-state index contributed by atoms with van der Waals surface area (Å²) in [5, 5.41) is 121. The molecule has 111 heavy (non-hydrogen) atoms. The highest BCUT2D eigenvalue weighted by Gasteiger charge is 2.54. The van der Waals surface area contributed by atoms with Crippen LogP contribution < -0.4 is 5.32 Å². The third-order valence-corrected chi connectivity index (χ3v) is 20.6. The Balaban J connectivity index is 1.36. The first-order valence-electron chi connectivity index (χ1n) is 43.6. The van der Waals surface area contributed by atoms with Gasteiger partial charge in [-0.1, -0.05) is 320 Å². The van der Waals surface area contributed by atoms with Crippen molar-refractivity contribution in [2.24, 2.45) is 0 Å². The molecule has 19 heteroatoms. The molecule has 3 saturated heterocycles. The predicted octanol–water partition coefficient (Wildman–Crippen LogP) is 16.2. The summed E-state index contributed by atoms with van der Waals surface area (Å²) in [4.78, 5) is 13.5. The summed E-state index contributed by atoms with van der Waals surface area (Å²) < 4.78 is 34.5. The van der Waals surface area contributed by atoms with E-state index >= 15 is 0 Å². The second kappa shape index (κ2) is 69.9. The van der Waals surface area contributed by atoms with Crippen LogP contribution in [-0.2, 0) is 33.2 Å². The van der Waals surface area contributed by atoms with Crippen molar-refractivity contribution in [1.29, 1.82) is 0 Å². The number of carbonyl (C=O) groups excluding carboxylic acids is 1. The Bertz CT molecular complexity index is 2580. The van der Waals surface area contributed by atoms with Crippen molar-refractivity contribution in [2.45, 2.75) is 401 Å². The van der Waals surface area contributed by atoms with E-state index in [0.717, 1.165) is 116 Å². The summed E-state index contributed by atoms with van der Waals surface area (Å²) in [6.07, 6.45) is 75.5. The van der Waals surface area contributed by atoms with Gasteiger partial charge in [-0.15, -0.1) is 0 Å². The minimum Gasteiger partial charge on any atom is -0.394 e. The number of aliphatic hydroxyl groups is 11. The zero-order valence-corrected chi connectivity index (χ0v) is 68.4. The first kappa shape index (κ1) is 101. The zero-order valence-electron chi connectivity index (χ0n) is 68.4. The van der Waals surface area contributed by atoms with E-state index in [1.165, 1.54) is 148 Å². The van der Waals surface area contributed by atoms with Crippen molar-refractivity contribution in [3.05, 3.63) is 146 Å². The monoisotopic (exact) mass is 1560 g/mol. The summed E-state index contributed by atoms with van der Waals surface area (Å²) in [5.74, 6) is -0.296. The molecule has 17 atom stereocenters. The number of nitrogens with one attached hydrogen (secondary N) is 1. The molecular weight excluding hydrogens is 1410 g/mol. The Morgan fingerprint density at radius 2 is 0.631 bits per heavy atom. The molecule has 0 aromatic rings. The number of amides is 1. The van der Waals surface area contributed by atoms with Crippen molar-refractivity contribution >= 4 is 5.91 Å². The maximum Gasteiger partial charge on any atom is 0.220 e. The molecule has 0 saturated carbocycles. The number of carbonyl (C=O) groups is 1. The zero-order chi connectivity index (χ0) is 80.3. The molecule has 0 spiro atoms. The van der Waals surface area contributed by atoms with Gasteiger partial charge >= 0.3 is 0 Å². The molecule has 0 bridgehead atoms. The van der Waals surface area contributed by atoms with Crippen molar-refractivity contribution in [1.82, 2.24) is 5.32 Å². The third kappa shape index (κ3) is 48.7. The summed E-state index contributed by atoms with van der Waals surface area (Å²) in [7, 11) is 0. The van der Waals surface area contributed by atoms with Crippen LogP contribution in [0.1, 0.15) is 296 Å². The van der Waals surface area contributed by atoms with E-state index in [-0.39, 0.29) is 18.9 Å². The number of rotatable bonds is 68. The van der Waals surface area contributed by atoms with Gasteiger partial charge in [-0.05, 0) is 116 Å². The molecule has 636 valence electrons. The number of unbranched alkanes of at least 4 members (excludes halogenated alkanes) is 30. The van der Waals surface area contributed by atoms with Gasteiger partial charge in [-0.2, -0.15) is 0 Å². The Morgan fingerprint density at radius 3 is 1.01 bits per heavy atom. The fourth-order valence-corrected chi connectivity index (χ4v) is 13.7. The first-order valence-corrected chi connectivity index (χ1v) is 43.6. The molecule has 3 aliphatic heterocycles. The Morgan fingerprint density at radius 1 is 0.333 bits per heavy atom. The largest absolute Gasteiger partial charge is 0.394 e. The van der Waals surface area contributed by atoms with Gasteiger partial charge in [0.2, 0.25) is 5.91 Å². The topological polar surface area (TPSA) is 307 Å². The minimum atomic E-state index is -1.99. The Kier molecular flexibility index (Phi) is 63.5. The van der Waals surface area contributed by atoms with E-state index in [9.17, 15) is 61.0 Å². The maximum absolute atomic E-state index is 13.5. The Hall–Kier alpha value is -4.33. The molecule has 0 aromatic heterocycles. The Labute approximate surface area is 670 Å². The van der Waals surface area contributed by atoms with Gasteiger partial charge in [0.1, 0.15) is 73.2 Å². The van der Waals surface area contributed by atoms with Crippen LogP contribution in [-0.4, -0.2) is 193 Å². The molecule has 3 heterocycles. The summed E-state index contributed by atoms with van der Waals surface area (Å²) >= 11 is 0. The fourth-order valence-electron chi connectivity index (χ4n) is 13.7. The third-order valence-electron chi connectivity index (χ3n) is 20.6. The van der Waals surface area contributed by atoms with Gasteiger partial charge < -0.3 is 89.9 Å². The second-order valence-electron chi connectivity index (χ2n) is 30.2. The lowest BCUT2D eigenvalue weighted by atomic mass is 9.96. The van der Waals surface area contributed by atoms with E-state index in [0.29, 0.717) is 12.8 Å². The van der Waals surface area contributed by atoms with Crippen LogP contribution in [0.2, 0.25) is 0 Å². The van der Waals surface area contributed by atoms with Gasteiger partial charge in [0, 0.05) is 6.42 Å². The fraction of sp³-hybridized carbons (Fsp3) is 0.728. The van der Waals surface area contributed by atoms with Gasteiger partial charge in [-0.3, -0.25) is 4.79 Å². The predicted molar refractivity (Wildman–Crippen MR) is 447 cm³/mol. The SMILES string of the molecule is CC/C=C\C/C=C\C/C=C\C/C=C\C/C=C\C/C=C\C/C=C\C/C=C\C/C=C\CCCCCCCCCCCCCC(=O)NC(COC1OC(CO)C(OC2OC(CO)C(OC3OC(CO)C(O)C(O)C3O)C(O)C2O)C(O)C1O)C(O)/C=C/CC/C=C/CC/C=C/CCCCCCCCCCCCCCCCCCC. The van der Waals surface area contributed by atoms with Crippen molar-refractivity contribution < 1.29 is 89.4 Å².